The summed E-state index contributed by atoms with van der Waals surface area (Å²) in [5.74, 6) is -0.861. The van der Waals surface area contributed by atoms with E-state index in [2.05, 4.69) is 74.6 Å². The Morgan fingerprint density at radius 3 is 1.34 bits per heavy atom. The summed E-state index contributed by atoms with van der Waals surface area (Å²) in [4.78, 5) is 37.7. The molecule has 9 nitrogen and oxygen atoms in total. The molecular weight excluding hydrogens is 822 g/mol. The van der Waals surface area contributed by atoms with Crippen LogP contribution in [0.2, 0.25) is 0 Å². The van der Waals surface area contributed by atoms with Crippen molar-refractivity contribution in [3.8, 4) is 0 Å². The summed E-state index contributed by atoms with van der Waals surface area (Å²) >= 11 is 0. The summed E-state index contributed by atoms with van der Waals surface area (Å²) < 4.78 is 34.0. The summed E-state index contributed by atoms with van der Waals surface area (Å²) in [7, 11) is 1.14. The van der Waals surface area contributed by atoms with E-state index < -0.39 is 32.5 Å². The van der Waals surface area contributed by atoms with Crippen LogP contribution in [0.25, 0.3) is 0 Å². The molecule has 0 radical (unpaired) electrons. The fraction of sp³-hybridized carbons (Fsp3) is 0.778. The Bertz CT molecular complexity index is 1270. The number of unbranched alkanes of at least 4 members (excludes halogenated alkanes) is 23. The van der Waals surface area contributed by atoms with E-state index in [1.807, 2.05) is 21.1 Å². The molecule has 0 aliphatic rings. The number of quaternary nitrogens is 1. The highest BCUT2D eigenvalue weighted by Crippen LogP contribution is 2.38. The highest BCUT2D eigenvalue weighted by Gasteiger charge is 2.21. The van der Waals surface area contributed by atoms with Crippen LogP contribution in [0, 0.1) is 0 Å². The van der Waals surface area contributed by atoms with Crippen LogP contribution in [0.1, 0.15) is 219 Å². The Balaban J connectivity index is 4.25. The number of esters is 2. The van der Waals surface area contributed by atoms with E-state index in [0.717, 1.165) is 70.6 Å². The monoisotopic (exact) mass is 920 g/mol. The molecule has 0 aromatic carbocycles. The molecule has 0 saturated carbocycles. The normalized spacial score (nSPS) is 13.9. The SMILES string of the molecule is CC/C=C\C/C=C\C/C=C\C/C=C\CCCCCCC(=O)OC(COC(=O)CCCCCCCCCCCCC/C=C\CCCCCCCCCC)COP(=O)([O-])OCC[N+](C)(C)C. The van der Waals surface area contributed by atoms with Crippen LogP contribution in [-0.2, 0) is 32.7 Å². The number of hydrogen-bond donors (Lipinski definition) is 0. The zero-order chi connectivity index (χ0) is 47.1. The van der Waals surface area contributed by atoms with Gasteiger partial charge in [0.15, 0.2) is 6.10 Å². The highest BCUT2D eigenvalue weighted by atomic mass is 31.2. The van der Waals surface area contributed by atoms with Crippen LogP contribution in [0.15, 0.2) is 60.8 Å². The quantitative estimate of drug-likeness (QED) is 0.0195. The van der Waals surface area contributed by atoms with Gasteiger partial charge in [-0.05, 0) is 77.0 Å². The van der Waals surface area contributed by atoms with Crippen molar-refractivity contribution < 1.29 is 42.1 Å². The van der Waals surface area contributed by atoms with Crippen LogP contribution in [0.4, 0.5) is 0 Å². The van der Waals surface area contributed by atoms with E-state index in [0.29, 0.717) is 17.4 Å². The molecule has 64 heavy (non-hydrogen) atoms. The lowest BCUT2D eigenvalue weighted by Gasteiger charge is -2.28. The maximum Gasteiger partial charge on any atom is 0.306 e. The van der Waals surface area contributed by atoms with Crippen LogP contribution in [0.5, 0.6) is 0 Å². The van der Waals surface area contributed by atoms with Gasteiger partial charge in [-0.1, -0.05) is 190 Å². The van der Waals surface area contributed by atoms with Crippen molar-refractivity contribution in [2.45, 2.75) is 225 Å². The summed E-state index contributed by atoms with van der Waals surface area (Å²) in [6.07, 6.45) is 56.9. The number of likely N-dealkylation sites (N-methyl/N-ethyl adjacent to an activating group) is 1. The molecule has 0 aromatic rings. The van der Waals surface area contributed by atoms with Gasteiger partial charge in [-0.2, -0.15) is 0 Å². The minimum Gasteiger partial charge on any atom is -0.756 e. The van der Waals surface area contributed by atoms with Gasteiger partial charge in [0.2, 0.25) is 0 Å². The Morgan fingerprint density at radius 1 is 0.500 bits per heavy atom. The van der Waals surface area contributed by atoms with Crippen LogP contribution in [0.3, 0.4) is 0 Å². The molecule has 0 aliphatic carbocycles. The van der Waals surface area contributed by atoms with E-state index >= 15 is 0 Å². The summed E-state index contributed by atoms with van der Waals surface area (Å²) in [6.45, 7) is 4.10. The van der Waals surface area contributed by atoms with Gasteiger partial charge >= 0.3 is 11.9 Å². The van der Waals surface area contributed by atoms with Gasteiger partial charge in [0, 0.05) is 12.8 Å². The predicted molar refractivity (Wildman–Crippen MR) is 268 cm³/mol. The number of carbonyl (C=O) groups is 2. The van der Waals surface area contributed by atoms with Crippen LogP contribution >= 0.6 is 7.82 Å². The lowest BCUT2D eigenvalue weighted by molar-refractivity contribution is -0.870. The first kappa shape index (κ1) is 61.7. The third-order valence-electron chi connectivity index (χ3n) is 11.0. The predicted octanol–water partition coefficient (Wildman–Crippen LogP) is 15.0. The largest absolute Gasteiger partial charge is 0.756 e. The maximum absolute atomic E-state index is 12.7. The smallest absolute Gasteiger partial charge is 0.306 e. The molecule has 0 saturated heterocycles. The van der Waals surface area contributed by atoms with Crippen LogP contribution in [-0.4, -0.2) is 70.0 Å². The number of phosphoric ester groups is 1. The molecule has 0 fully saturated rings. The fourth-order valence-corrected chi connectivity index (χ4v) is 7.72. The molecule has 0 rings (SSSR count). The third kappa shape index (κ3) is 49.2. The molecule has 2 atom stereocenters. The average Bonchev–Trinajstić information content (AvgIpc) is 3.25. The number of hydrogen-bond acceptors (Lipinski definition) is 8. The van der Waals surface area contributed by atoms with Gasteiger partial charge in [-0.3, -0.25) is 14.2 Å². The lowest BCUT2D eigenvalue weighted by atomic mass is 10.0. The lowest BCUT2D eigenvalue weighted by Crippen LogP contribution is -2.37. The van der Waals surface area contributed by atoms with Crippen molar-refractivity contribution in [3.05, 3.63) is 60.8 Å². The van der Waals surface area contributed by atoms with Crippen molar-refractivity contribution >= 4 is 19.8 Å². The summed E-state index contributed by atoms with van der Waals surface area (Å²) in [5, 5.41) is 0. The van der Waals surface area contributed by atoms with Gasteiger partial charge in [-0.15, -0.1) is 0 Å². The van der Waals surface area contributed by atoms with Gasteiger partial charge in [0.05, 0.1) is 27.7 Å². The van der Waals surface area contributed by atoms with Gasteiger partial charge < -0.3 is 27.9 Å². The zero-order valence-electron chi connectivity index (χ0n) is 42.0. The van der Waals surface area contributed by atoms with E-state index in [9.17, 15) is 19.0 Å². The first-order chi connectivity index (χ1) is 31.0. The van der Waals surface area contributed by atoms with Gasteiger partial charge in [0.25, 0.3) is 7.82 Å². The molecule has 10 heteroatoms. The standard InChI is InChI=1S/C54H98NO8P/c1-6-8-10-12-14-16-18-20-22-24-25-26-27-28-29-31-32-34-36-38-40-42-44-46-53(56)60-50-52(51-62-64(58,59)61-49-48-55(3,4)5)63-54(57)47-45-43-41-39-37-35-33-30-23-21-19-17-15-13-11-9-7-2/h9,11,15,17,21,23-25,33,35,52H,6-8,10,12-14,16,18-20,22,26-32,34,36-51H2,1-5H3/b11-9-,17-15-,23-21-,25-24-,35-33-. The van der Waals surface area contributed by atoms with E-state index in [1.54, 1.807) is 0 Å². The number of carbonyl (C=O) groups excluding carboxylic acids is 2. The Kier molecular flexibility index (Phi) is 44.2. The second kappa shape index (κ2) is 45.8. The number of nitrogens with zero attached hydrogens (tertiary/aromatic N) is 1. The summed E-state index contributed by atoms with van der Waals surface area (Å²) in [6, 6.07) is 0. The van der Waals surface area contributed by atoms with Crippen LogP contribution < -0.4 is 4.89 Å². The molecular formula is C54H98NO8P. The van der Waals surface area contributed by atoms with Crippen molar-refractivity contribution in [2.24, 2.45) is 0 Å². The Labute approximate surface area is 394 Å². The Hall–Kier alpha value is -2.29. The van der Waals surface area contributed by atoms with Gasteiger partial charge in [0.1, 0.15) is 19.8 Å². The topological polar surface area (TPSA) is 111 Å². The molecule has 0 spiro atoms. The first-order valence-electron chi connectivity index (χ1n) is 26.0. The van der Waals surface area contributed by atoms with Crippen molar-refractivity contribution in [3.63, 3.8) is 0 Å². The van der Waals surface area contributed by atoms with Gasteiger partial charge in [-0.25, -0.2) is 0 Å². The molecule has 0 amide bonds. The van der Waals surface area contributed by atoms with Crippen molar-refractivity contribution in [1.82, 2.24) is 0 Å². The van der Waals surface area contributed by atoms with E-state index in [1.165, 1.54) is 116 Å². The molecule has 0 bridgehead atoms. The number of ether oxygens (including phenoxy) is 2. The maximum atomic E-state index is 12.7. The minimum absolute atomic E-state index is 0.0380. The molecule has 0 aliphatic heterocycles. The molecule has 0 N–H and O–H groups in total. The second-order valence-electron chi connectivity index (χ2n) is 18.5. The number of phosphoric acid groups is 1. The highest BCUT2D eigenvalue weighted by molar-refractivity contribution is 7.45. The van der Waals surface area contributed by atoms with Crippen molar-refractivity contribution in [1.29, 1.82) is 0 Å². The zero-order valence-corrected chi connectivity index (χ0v) is 42.9. The summed E-state index contributed by atoms with van der Waals surface area (Å²) in [5.41, 5.74) is 0. The Morgan fingerprint density at radius 2 is 0.891 bits per heavy atom. The first-order valence-corrected chi connectivity index (χ1v) is 27.5. The average molecular weight is 920 g/mol. The minimum atomic E-state index is -4.64. The number of rotatable bonds is 47. The molecule has 2 unspecified atom stereocenters. The van der Waals surface area contributed by atoms with Crippen molar-refractivity contribution in [2.75, 3.05) is 47.5 Å². The van der Waals surface area contributed by atoms with E-state index in [-0.39, 0.29) is 26.1 Å². The number of allylic oxidation sites excluding steroid dienone is 10. The fourth-order valence-electron chi connectivity index (χ4n) is 6.99. The molecule has 0 heterocycles. The second-order valence-corrected chi connectivity index (χ2v) is 19.9. The van der Waals surface area contributed by atoms with E-state index in [4.69, 9.17) is 18.5 Å². The molecule has 0 aromatic heterocycles. The molecule has 372 valence electrons. The third-order valence-corrected chi connectivity index (χ3v) is 12.0.